The van der Waals surface area contributed by atoms with E-state index in [-0.39, 0.29) is 27.2 Å². The minimum atomic E-state index is -0.450. The lowest BCUT2D eigenvalue weighted by molar-refractivity contribution is 0.0948. The SMILES string of the molecule is COc1ccc(C2(c3ccc(N4C(=O)c5c(NC(=O)c6ccc(OC)c(C#N)c6)cnn5CC4C)cc3)SCCCS2)cc1. The highest BCUT2D eigenvalue weighted by atomic mass is 32.2. The smallest absolute Gasteiger partial charge is 0.279 e. The molecule has 1 atom stereocenters. The number of nitrogens with zero attached hydrogens (tertiary/aromatic N) is 4. The summed E-state index contributed by atoms with van der Waals surface area (Å²) in [7, 11) is 3.14. The Morgan fingerprint density at radius 3 is 2.34 bits per heavy atom. The molecule has 1 unspecified atom stereocenters. The topological polar surface area (TPSA) is 109 Å². The Bertz CT molecular complexity index is 1740. The molecule has 1 saturated heterocycles. The molecule has 3 heterocycles. The molecular formula is C33H31N5O4S2. The molecule has 1 N–H and O–H groups in total. The van der Waals surface area contributed by atoms with Crippen LogP contribution in [0.3, 0.4) is 0 Å². The fourth-order valence-electron chi connectivity index (χ4n) is 5.67. The van der Waals surface area contributed by atoms with Crippen LogP contribution in [-0.4, -0.2) is 53.4 Å². The zero-order valence-electron chi connectivity index (χ0n) is 24.6. The van der Waals surface area contributed by atoms with Gasteiger partial charge < -0.3 is 19.7 Å². The van der Waals surface area contributed by atoms with Crippen molar-refractivity contribution < 1.29 is 19.1 Å². The Morgan fingerprint density at radius 2 is 1.70 bits per heavy atom. The molecule has 0 radical (unpaired) electrons. The molecule has 4 aromatic rings. The van der Waals surface area contributed by atoms with Crippen molar-refractivity contribution in [2.75, 3.05) is 35.9 Å². The van der Waals surface area contributed by atoms with Crippen LogP contribution < -0.4 is 19.7 Å². The molecule has 11 heteroatoms. The van der Waals surface area contributed by atoms with Gasteiger partial charge in [0.1, 0.15) is 27.3 Å². The molecule has 0 bridgehead atoms. The standard InChI is InChI=1S/C33H31N5O4S2/c1-21-20-37-30(28(19-35-37)36-31(39)22-5-14-29(42-3)23(17-22)18-34)32(40)38(21)26-10-6-24(7-11-26)33(43-15-4-16-44-33)25-8-12-27(41-2)13-9-25/h5-14,17,19,21H,4,15-16,20H2,1-3H3,(H,36,39). The van der Waals surface area contributed by atoms with Crippen LogP contribution in [0.4, 0.5) is 11.4 Å². The van der Waals surface area contributed by atoms with Crippen LogP contribution in [0.25, 0.3) is 0 Å². The highest BCUT2D eigenvalue weighted by molar-refractivity contribution is 8.18. The Hall–Kier alpha value is -4.40. The first kappa shape index (κ1) is 29.7. The van der Waals surface area contributed by atoms with Crippen LogP contribution in [0.2, 0.25) is 0 Å². The van der Waals surface area contributed by atoms with Gasteiger partial charge in [0.15, 0.2) is 0 Å². The predicted molar refractivity (Wildman–Crippen MR) is 174 cm³/mol. The second kappa shape index (κ2) is 12.3. The highest BCUT2D eigenvalue weighted by Crippen LogP contribution is 2.55. The minimum Gasteiger partial charge on any atom is -0.497 e. The van der Waals surface area contributed by atoms with Gasteiger partial charge in [0.05, 0.1) is 44.3 Å². The Labute approximate surface area is 264 Å². The quantitative estimate of drug-likeness (QED) is 0.261. The molecule has 224 valence electrons. The van der Waals surface area contributed by atoms with Crippen molar-refractivity contribution in [3.63, 3.8) is 0 Å². The number of anilines is 2. The van der Waals surface area contributed by atoms with Crippen molar-refractivity contribution in [1.29, 1.82) is 5.26 Å². The number of nitriles is 1. The van der Waals surface area contributed by atoms with Crippen LogP contribution in [0, 0.1) is 11.3 Å². The van der Waals surface area contributed by atoms with Crippen molar-refractivity contribution in [3.8, 4) is 17.6 Å². The van der Waals surface area contributed by atoms with Crippen molar-refractivity contribution in [3.05, 3.63) is 101 Å². The zero-order chi connectivity index (χ0) is 30.8. The molecule has 6 rings (SSSR count). The maximum atomic E-state index is 14.0. The summed E-state index contributed by atoms with van der Waals surface area (Å²) in [5.74, 6) is 2.64. The van der Waals surface area contributed by atoms with E-state index >= 15 is 0 Å². The number of rotatable bonds is 7. The summed E-state index contributed by atoms with van der Waals surface area (Å²) in [4.78, 5) is 28.9. The minimum absolute atomic E-state index is 0.155. The van der Waals surface area contributed by atoms with Gasteiger partial charge in [-0.05, 0) is 78.4 Å². The second-order valence-electron chi connectivity index (χ2n) is 10.5. The Kier molecular flexibility index (Phi) is 8.29. The molecule has 0 aliphatic carbocycles. The van der Waals surface area contributed by atoms with E-state index in [0.29, 0.717) is 23.7 Å². The Morgan fingerprint density at radius 1 is 1.02 bits per heavy atom. The second-order valence-corrected chi connectivity index (χ2v) is 13.4. The highest BCUT2D eigenvalue weighted by Gasteiger charge is 2.39. The number of amides is 2. The number of aromatic nitrogens is 2. The zero-order valence-corrected chi connectivity index (χ0v) is 26.2. The third kappa shape index (κ3) is 5.29. The summed E-state index contributed by atoms with van der Waals surface area (Å²) >= 11 is 3.88. The largest absolute Gasteiger partial charge is 0.497 e. The van der Waals surface area contributed by atoms with Crippen molar-refractivity contribution in [2.24, 2.45) is 0 Å². The molecule has 1 fully saturated rings. The van der Waals surface area contributed by atoms with Crippen LogP contribution in [0.1, 0.15) is 50.9 Å². The van der Waals surface area contributed by atoms with Crippen molar-refractivity contribution >= 4 is 46.7 Å². The van der Waals surface area contributed by atoms with Crippen molar-refractivity contribution in [1.82, 2.24) is 9.78 Å². The summed E-state index contributed by atoms with van der Waals surface area (Å²) in [5.41, 5.74) is 4.31. The van der Waals surface area contributed by atoms with E-state index < -0.39 is 5.91 Å². The predicted octanol–water partition coefficient (Wildman–Crippen LogP) is 6.14. The number of carbonyl (C=O) groups excluding carboxylic acids is 2. The number of carbonyl (C=O) groups is 2. The number of hydrogen-bond donors (Lipinski definition) is 1. The Balaban J connectivity index is 1.27. The number of fused-ring (bicyclic) bond motifs is 1. The van der Waals surface area contributed by atoms with E-state index in [9.17, 15) is 14.9 Å². The number of benzene rings is 3. The van der Waals surface area contributed by atoms with E-state index in [1.54, 1.807) is 28.8 Å². The van der Waals surface area contributed by atoms with E-state index in [4.69, 9.17) is 9.47 Å². The lowest BCUT2D eigenvalue weighted by Crippen LogP contribution is -2.47. The van der Waals surface area contributed by atoms with Crippen LogP contribution in [0.5, 0.6) is 11.5 Å². The number of thioether (sulfide) groups is 2. The normalized spacial score (nSPS) is 17.4. The van der Waals surface area contributed by atoms with Gasteiger partial charge in [-0.3, -0.25) is 14.3 Å². The van der Waals surface area contributed by atoms with Crippen LogP contribution in [-0.2, 0) is 10.6 Å². The molecular weight excluding hydrogens is 595 g/mol. The van der Waals surface area contributed by atoms with Gasteiger partial charge in [-0.25, -0.2) is 0 Å². The molecule has 44 heavy (non-hydrogen) atoms. The molecule has 3 aromatic carbocycles. The molecule has 0 spiro atoms. The van der Waals surface area contributed by atoms with E-state index in [1.165, 1.54) is 30.5 Å². The van der Waals surface area contributed by atoms with Gasteiger partial charge in [-0.1, -0.05) is 24.3 Å². The number of hydrogen-bond acceptors (Lipinski definition) is 8. The lowest BCUT2D eigenvalue weighted by atomic mass is 10.0. The fourth-order valence-corrected chi connectivity index (χ4v) is 9.05. The molecule has 2 amide bonds. The molecule has 2 aliphatic rings. The fraction of sp³-hybridized carbons (Fsp3) is 0.273. The summed E-state index contributed by atoms with van der Waals surface area (Å²) in [6, 6.07) is 23.0. The third-order valence-electron chi connectivity index (χ3n) is 7.86. The molecule has 0 saturated carbocycles. The third-order valence-corrected chi connectivity index (χ3v) is 11.3. The maximum absolute atomic E-state index is 14.0. The monoisotopic (exact) mass is 625 g/mol. The first-order chi connectivity index (χ1) is 21.4. The van der Waals surface area contributed by atoms with E-state index in [0.717, 1.165) is 29.4 Å². The lowest BCUT2D eigenvalue weighted by Gasteiger charge is -2.38. The summed E-state index contributed by atoms with van der Waals surface area (Å²) in [5, 5.41) is 16.6. The number of ether oxygens (including phenoxy) is 2. The van der Waals surface area contributed by atoms with E-state index in [2.05, 4.69) is 34.7 Å². The van der Waals surface area contributed by atoms with Gasteiger partial charge in [-0.2, -0.15) is 10.4 Å². The first-order valence-corrected chi connectivity index (χ1v) is 16.2. The van der Waals surface area contributed by atoms with Crippen molar-refractivity contribution in [2.45, 2.75) is 30.0 Å². The molecule has 1 aromatic heterocycles. The van der Waals surface area contributed by atoms with Crippen LogP contribution >= 0.6 is 23.5 Å². The average molecular weight is 626 g/mol. The van der Waals surface area contributed by atoms with E-state index in [1.807, 2.05) is 60.8 Å². The molecule has 9 nitrogen and oxygen atoms in total. The van der Waals surface area contributed by atoms with Gasteiger partial charge in [-0.15, -0.1) is 23.5 Å². The number of methoxy groups -OCH3 is 2. The first-order valence-electron chi connectivity index (χ1n) is 14.2. The summed E-state index contributed by atoms with van der Waals surface area (Å²) in [6.45, 7) is 2.46. The van der Waals surface area contributed by atoms with Gasteiger partial charge in [0.2, 0.25) is 0 Å². The number of nitrogens with one attached hydrogen (secondary N) is 1. The van der Waals surface area contributed by atoms with Gasteiger partial charge in [0.25, 0.3) is 11.8 Å². The van der Waals surface area contributed by atoms with Gasteiger partial charge in [0, 0.05) is 11.3 Å². The van der Waals surface area contributed by atoms with Crippen LogP contribution in [0.15, 0.2) is 72.9 Å². The average Bonchev–Trinajstić information content (AvgIpc) is 3.47. The summed E-state index contributed by atoms with van der Waals surface area (Å²) < 4.78 is 12.0. The van der Waals surface area contributed by atoms with Gasteiger partial charge >= 0.3 is 0 Å². The molecule has 2 aliphatic heterocycles. The summed E-state index contributed by atoms with van der Waals surface area (Å²) in [6.07, 6.45) is 2.66. The maximum Gasteiger partial charge on any atom is 0.279 e.